The van der Waals surface area contributed by atoms with E-state index in [0.29, 0.717) is 17.5 Å². The van der Waals surface area contributed by atoms with Gasteiger partial charge >= 0.3 is 0 Å². The first-order chi connectivity index (χ1) is 31.2. The highest BCUT2D eigenvalue weighted by molar-refractivity contribution is 7.26. The van der Waals surface area contributed by atoms with Gasteiger partial charge in [0.05, 0.1) is 21.4 Å². The molecule has 0 aliphatic carbocycles. The molecule has 10 aromatic carbocycles. The maximum absolute atomic E-state index is 6.36. The minimum Gasteiger partial charge on any atom is -0.456 e. The Morgan fingerprint density at radius 2 is 0.905 bits per heavy atom. The Morgan fingerprint density at radius 3 is 1.57 bits per heavy atom. The lowest BCUT2D eigenvalue weighted by molar-refractivity contribution is 0.669. The summed E-state index contributed by atoms with van der Waals surface area (Å²) in [5, 5.41) is 14.1. The molecule has 0 saturated carbocycles. The molecule has 0 N–H and O–H groups in total. The zero-order chi connectivity index (χ0) is 41.2. The fourth-order valence-electron chi connectivity index (χ4n) is 9.86. The molecule has 4 heterocycles. The van der Waals surface area contributed by atoms with Crippen LogP contribution in [0.4, 0.5) is 0 Å². The number of thiophene rings is 1. The second-order valence-corrected chi connectivity index (χ2v) is 17.4. The van der Waals surface area contributed by atoms with E-state index in [0.717, 1.165) is 49.7 Å². The van der Waals surface area contributed by atoms with Crippen LogP contribution >= 0.6 is 11.3 Å². The van der Waals surface area contributed by atoms with Gasteiger partial charge in [-0.1, -0.05) is 133 Å². The molecule has 14 rings (SSSR count). The number of nitrogens with zero attached hydrogens (tertiary/aromatic N) is 4. The van der Waals surface area contributed by atoms with Crippen molar-refractivity contribution in [3.63, 3.8) is 0 Å². The number of fused-ring (bicyclic) bond motifs is 12. The number of benzene rings is 10. The molecule has 0 amide bonds. The fraction of sp³-hybridized carbons (Fsp3) is 0. The van der Waals surface area contributed by atoms with Crippen molar-refractivity contribution in [3.05, 3.63) is 194 Å². The van der Waals surface area contributed by atoms with Crippen molar-refractivity contribution < 1.29 is 4.42 Å². The summed E-state index contributed by atoms with van der Waals surface area (Å²) in [7, 11) is 0. The Kier molecular flexibility index (Phi) is 7.21. The molecule has 0 bridgehead atoms. The maximum Gasteiger partial charge on any atom is 0.164 e. The van der Waals surface area contributed by atoms with E-state index >= 15 is 0 Å². The van der Waals surface area contributed by atoms with E-state index in [2.05, 4.69) is 150 Å². The van der Waals surface area contributed by atoms with E-state index in [1.165, 1.54) is 68.9 Å². The third-order valence-corrected chi connectivity index (χ3v) is 13.9. The molecule has 5 nitrogen and oxygen atoms in total. The molecule has 0 unspecified atom stereocenters. The number of hydrogen-bond donors (Lipinski definition) is 0. The summed E-state index contributed by atoms with van der Waals surface area (Å²) in [5.41, 5.74) is 7.87. The zero-order valence-electron chi connectivity index (χ0n) is 33.6. The predicted molar refractivity (Wildman–Crippen MR) is 263 cm³/mol. The smallest absolute Gasteiger partial charge is 0.164 e. The second-order valence-electron chi connectivity index (χ2n) is 16.4. The van der Waals surface area contributed by atoms with Crippen molar-refractivity contribution in [2.75, 3.05) is 0 Å². The van der Waals surface area contributed by atoms with Crippen LogP contribution in [0, 0.1) is 0 Å². The van der Waals surface area contributed by atoms with E-state index in [1.54, 1.807) is 0 Å². The summed E-state index contributed by atoms with van der Waals surface area (Å²) in [6.45, 7) is 0. The van der Waals surface area contributed by atoms with Crippen LogP contribution in [-0.2, 0) is 0 Å². The SMILES string of the molecule is c1ccc(-c2nc(-c3cccc4oc5ccccc5c34)nc(-c3ccc(-n4c5cc6ccccc6cc5c5cc6ccccc6cc54)c4sc5cc6ccccc6cc5c34)n2)cc1. The van der Waals surface area contributed by atoms with Crippen molar-refractivity contribution in [2.24, 2.45) is 0 Å². The Hall–Kier alpha value is -8.19. The van der Waals surface area contributed by atoms with Crippen LogP contribution in [0.1, 0.15) is 0 Å². The van der Waals surface area contributed by atoms with Gasteiger partial charge in [-0.05, 0) is 93.0 Å². The van der Waals surface area contributed by atoms with Gasteiger partial charge in [-0.25, -0.2) is 15.0 Å². The van der Waals surface area contributed by atoms with Gasteiger partial charge in [0, 0.05) is 53.7 Å². The molecule has 0 aliphatic heterocycles. The predicted octanol–water partition coefficient (Wildman–Crippen LogP) is 15.7. The number of hydrogen-bond acceptors (Lipinski definition) is 5. The fourth-order valence-corrected chi connectivity index (χ4v) is 11.1. The minimum atomic E-state index is 0.597. The first-order valence-electron chi connectivity index (χ1n) is 21.2. The van der Waals surface area contributed by atoms with E-state index in [1.807, 2.05) is 59.9 Å². The maximum atomic E-state index is 6.36. The number of para-hydroxylation sites is 1. The lowest BCUT2D eigenvalue weighted by Gasteiger charge is -2.14. The van der Waals surface area contributed by atoms with Gasteiger partial charge in [-0.2, -0.15) is 0 Å². The quantitative estimate of drug-likeness (QED) is 0.177. The van der Waals surface area contributed by atoms with Gasteiger partial charge in [0.15, 0.2) is 17.5 Å². The molecular formula is C57H32N4OS. The van der Waals surface area contributed by atoms with Crippen molar-refractivity contribution in [3.8, 4) is 39.9 Å². The Balaban J connectivity index is 1.11. The van der Waals surface area contributed by atoms with Crippen molar-refractivity contribution in [1.29, 1.82) is 0 Å². The lowest BCUT2D eigenvalue weighted by atomic mass is 10.0. The monoisotopic (exact) mass is 820 g/mol. The average Bonchev–Trinajstić information content (AvgIpc) is 4.01. The summed E-state index contributed by atoms with van der Waals surface area (Å²) in [5.74, 6) is 1.83. The number of rotatable bonds is 4. The van der Waals surface area contributed by atoms with Crippen LogP contribution in [0.5, 0.6) is 0 Å². The molecule has 0 radical (unpaired) electrons. The Labute approximate surface area is 363 Å². The van der Waals surface area contributed by atoms with Crippen molar-refractivity contribution in [1.82, 2.24) is 19.5 Å². The lowest BCUT2D eigenvalue weighted by Crippen LogP contribution is -2.01. The molecule has 0 atom stereocenters. The van der Waals surface area contributed by atoms with Gasteiger partial charge in [0.1, 0.15) is 11.2 Å². The van der Waals surface area contributed by atoms with Crippen molar-refractivity contribution >= 4 is 108 Å². The molecule has 0 spiro atoms. The summed E-state index contributed by atoms with van der Waals surface area (Å²) in [4.78, 5) is 16.0. The van der Waals surface area contributed by atoms with Crippen LogP contribution in [0.25, 0.3) is 136 Å². The third-order valence-electron chi connectivity index (χ3n) is 12.8. The topological polar surface area (TPSA) is 56.7 Å². The molecule has 4 aromatic heterocycles. The number of aromatic nitrogens is 4. The highest BCUT2D eigenvalue weighted by Crippen LogP contribution is 2.47. The molecule has 292 valence electrons. The van der Waals surface area contributed by atoms with Gasteiger partial charge in [-0.3, -0.25) is 0 Å². The molecule has 0 fully saturated rings. The van der Waals surface area contributed by atoms with Gasteiger partial charge in [0.2, 0.25) is 0 Å². The molecule has 6 heteroatoms. The minimum absolute atomic E-state index is 0.597. The van der Waals surface area contributed by atoms with Crippen LogP contribution in [0.2, 0.25) is 0 Å². The largest absolute Gasteiger partial charge is 0.456 e. The average molecular weight is 821 g/mol. The van der Waals surface area contributed by atoms with Gasteiger partial charge in [-0.15, -0.1) is 11.3 Å². The molecule has 63 heavy (non-hydrogen) atoms. The van der Waals surface area contributed by atoms with Crippen molar-refractivity contribution in [2.45, 2.75) is 0 Å². The summed E-state index contributed by atoms with van der Waals surface area (Å²) in [6.07, 6.45) is 0. The Bertz CT molecular complexity index is 4130. The first-order valence-corrected chi connectivity index (χ1v) is 22.0. The Morgan fingerprint density at radius 1 is 0.381 bits per heavy atom. The van der Waals surface area contributed by atoms with E-state index < -0.39 is 0 Å². The third kappa shape index (κ3) is 5.19. The molecule has 0 saturated heterocycles. The summed E-state index contributed by atoms with van der Waals surface area (Å²) in [6, 6.07) is 69.2. The molecule has 14 aromatic rings. The summed E-state index contributed by atoms with van der Waals surface area (Å²) >= 11 is 1.84. The van der Waals surface area contributed by atoms with E-state index in [4.69, 9.17) is 19.4 Å². The highest BCUT2D eigenvalue weighted by Gasteiger charge is 2.24. The van der Waals surface area contributed by atoms with Crippen LogP contribution in [-0.4, -0.2) is 19.5 Å². The summed E-state index contributed by atoms with van der Waals surface area (Å²) < 4.78 is 11.2. The standard InChI is InChI=1S/C57H32N4OS/c1-2-13-33(14-3-1)55-58-56(41-22-12-24-50-52(41)40-21-10-11-23-49(40)62-50)60-57(59-55)42-25-26-46(54-53(42)45-29-36-17-6-9-20-39(36)32-51(45)63-54)61-47-30-37-18-7-4-15-34(37)27-43(47)44-28-35-16-5-8-19-38(35)31-48(44)61/h1-32H. The normalized spacial score (nSPS) is 12.1. The van der Waals surface area contributed by atoms with Gasteiger partial charge in [0.25, 0.3) is 0 Å². The van der Waals surface area contributed by atoms with Gasteiger partial charge < -0.3 is 8.98 Å². The molecule has 0 aliphatic rings. The van der Waals surface area contributed by atoms with E-state index in [9.17, 15) is 0 Å². The van der Waals surface area contributed by atoms with Crippen LogP contribution in [0.3, 0.4) is 0 Å². The molecular weight excluding hydrogens is 789 g/mol. The van der Waals surface area contributed by atoms with Crippen LogP contribution in [0.15, 0.2) is 199 Å². The number of furan rings is 1. The van der Waals surface area contributed by atoms with E-state index in [-0.39, 0.29) is 0 Å². The highest BCUT2D eigenvalue weighted by atomic mass is 32.1. The zero-order valence-corrected chi connectivity index (χ0v) is 34.4. The van der Waals surface area contributed by atoms with Crippen LogP contribution < -0.4 is 0 Å². The first kappa shape index (κ1) is 34.5. The second kappa shape index (κ2) is 13.2.